The lowest BCUT2D eigenvalue weighted by molar-refractivity contribution is -0.237. The summed E-state index contributed by atoms with van der Waals surface area (Å²) in [5.74, 6) is -0.500. The topological polar surface area (TPSA) is 18.5 Å². The number of ether oxygens (including phenoxy) is 2. The molecule has 2 heteroatoms. The molecule has 1 aliphatic heterocycles. The Kier molecular flexibility index (Phi) is 2.34. The molecular weight excluding hydrogens is 176 g/mol. The standard InChI is InChI=1S/C12H24O2/c1-9(2,3)12(8)13-10(4,5)11(6,7)14-12/h1-8H3. The van der Waals surface area contributed by atoms with Crippen molar-refractivity contribution in [1.82, 2.24) is 0 Å². The van der Waals surface area contributed by atoms with E-state index in [9.17, 15) is 0 Å². The molecule has 0 unspecified atom stereocenters. The normalized spacial score (nSPS) is 29.1. The molecule has 2 nitrogen and oxygen atoms in total. The summed E-state index contributed by atoms with van der Waals surface area (Å²) in [4.78, 5) is 0. The minimum atomic E-state index is -0.500. The third-order valence-corrected chi connectivity index (χ3v) is 3.71. The van der Waals surface area contributed by atoms with Gasteiger partial charge in [-0.3, -0.25) is 0 Å². The maximum atomic E-state index is 6.09. The molecule has 84 valence electrons. The molecule has 0 saturated carbocycles. The van der Waals surface area contributed by atoms with Crippen molar-refractivity contribution in [2.24, 2.45) is 5.41 Å². The Morgan fingerprint density at radius 2 is 1.00 bits per heavy atom. The first-order valence-corrected chi connectivity index (χ1v) is 5.32. The van der Waals surface area contributed by atoms with Crippen molar-refractivity contribution in [3.8, 4) is 0 Å². The summed E-state index contributed by atoms with van der Waals surface area (Å²) in [5.41, 5.74) is -0.498. The van der Waals surface area contributed by atoms with Crippen LogP contribution >= 0.6 is 0 Å². The Morgan fingerprint density at radius 1 is 0.714 bits per heavy atom. The fourth-order valence-corrected chi connectivity index (χ4v) is 1.55. The molecule has 0 aromatic rings. The Morgan fingerprint density at radius 3 is 1.14 bits per heavy atom. The van der Waals surface area contributed by atoms with Crippen LogP contribution in [-0.4, -0.2) is 17.0 Å². The summed E-state index contributed by atoms with van der Waals surface area (Å²) < 4.78 is 12.2. The molecule has 0 aromatic carbocycles. The van der Waals surface area contributed by atoms with E-state index in [2.05, 4.69) is 48.5 Å². The van der Waals surface area contributed by atoms with Crippen LogP contribution in [0.5, 0.6) is 0 Å². The molecule has 0 N–H and O–H groups in total. The van der Waals surface area contributed by atoms with E-state index < -0.39 is 5.79 Å². The van der Waals surface area contributed by atoms with Gasteiger partial charge in [0.05, 0.1) is 11.2 Å². The summed E-state index contributed by atoms with van der Waals surface area (Å²) in [5, 5.41) is 0. The molecule has 0 radical (unpaired) electrons. The van der Waals surface area contributed by atoms with Gasteiger partial charge in [-0.2, -0.15) is 0 Å². The third-order valence-electron chi connectivity index (χ3n) is 3.71. The highest BCUT2D eigenvalue weighted by molar-refractivity contribution is 5.01. The highest BCUT2D eigenvalue weighted by Gasteiger charge is 2.58. The molecule has 0 spiro atoms. The van der Waals surface area contributed by atoms with Gasteiger partial charge in [-0.25, -0.2) is 0 Å². The van der Waals surface area contributed by atoms with Crippen molar-refractivity contribution in [3.63, 3.8) is 0 Å². The zero-order valence-electron chi connectivity index (χ0n) is 10.8. The van der Waals surface area contributed by atoms with Crippen LogP contribution in [0.15, 0.2) is 0 Å². The van der Waals surface area contributed by atoms with E-state index >= 15 is 0 Å². The van der Waals surface area contributed by atoms with Gasteiger partial charge in [0.15, 0.2) is 5.79 Å². The molecule has 1 saturated heterocycles. The molecular formula is C12H24O2. The van der Waals surface area contributed by atoms with Gasteiger partial charge in [0, 0.05) is 5.41 Å². The van der Waals surface area contributed by atoms with Crippen LogP contribution in [-0.2, 0) is 9.47 Å². The molecule has 1 heterocycles. The highest BCUT2D eigenvalue weighted by Crippen LogP contribution is 2.50. The Labute approximate surface area is 88.0 Å². The largest absolute Gasteiger partial charge is 0.341 e. The van der Waals surface area contributed by atoms with Crippen molar-refractivity contribution in [1.29, 1.82) is 0 Å². The van der Waals surface area contributed by atoms with Gasteiger partial charge in [0.1, 0.15) is 0 Å². The van der Waals surface area contributed by atoms with Crippen molar-refractivity contribution < 1.29 is 9.47 Å². The van der Waals surface area contributed by atoms with Crippen molar-refractivity contribution >= 4 is 0 Å². The van der Waals surface area contributed by atoms with E-state index in [1.807, 2.05) is 6.92 Å². The van der Waals surface area contributed by atoms with E-state index in [1.54, 1.807) is 0 Å². The van der Waals surface area contributed by atoms with Gasteiger partial charge < -0.3 is 9.47 Å². The summed E-state index contributed by atoms with van der Waals surface area (Å²) >= 11 is 0. The zero-order valence-corrected chi connectivity index (χ0v) is 10.8. The zero-order chi connectivity index (χ0) is 11.4. The van der Waals surface area contributed by atoms with E-state index in [-0.39, 0.29) is 16.6 Å². The molecule has 0 aromatic heterocycles. The van der Waals surface area contributed by atoms with Crippen LogP contribution in [0.1, 0.15) is 55.4 Å². The average molecular weight is 200 g/mol. The molecule has 1 aliphatic rings. The van der Waals surface area contributed by atoms with Crippen molar-refractivity contribution in [2.75, 3.05) is 0 Å². The van der Waals surface area contributed by atoms with Gasteiger partial charge in [-0.05, 0) is 34.6 Å². The number of hydrogen-bond donors (Lipinski definition) is 0. The van der Waals surface area contributed by atoms with Crippen molar-refractivity contribution in [2.45, 2.75) is 72.4 Å². The Balaban J connectivity index is 3.03. The lowest BCUT2D eigenvalue weighted by atomic mass is 9.86. The minimum Gasteiger partial charge on any atom is -0.341 e. The van der Waals surface area contributed by atoms with E-state index in [4.69, 9.17) is 9.47 Å². The Bertz CT molecular complexity index is 217. The summed E-state index contributed by atoms with van der Waals surface area (Å²) in [6.07, 6.45) is 0. The van der Waals surface area contributed by atoms with Crippen LogP contribution in [0.2, 0.25) is 0 Å². The first-order valence-electron chi connectivity index (χ1n) is 5.32. The maximum absolute atomic E-state index is 6.09. The minimum absolute atomic E-state index is 0.0158. The van der Waals surface area contributed by atoms with Gasteiger partial charge in [0.25, 0.3) is 0 Å². The lowest BCUT2D eigenvalue weighted by Gasteiger charge is -2.37. The lowest BCUT2D eigenvalue weighted by Crippen LogP contribution is -2.42. The summed E-state index contributed by atoms with van der Waals surface area (Å²) in [6, 6.07) is 0. The maximum Gasteiger partial charge on any atom is 0.171 e. The van der Waals surface area contributed by atoms with Gasteiger partial charge in [-0.1, -0.05) is 20.8 Å². The molecule has 1 rings (SSSR count). The predicted molar refractivity (Wildman–Crippen MR) is 58.2 cm³/mol. The number of hydrogen-bond acceptors (Lipinski definition) is 2. The third kappa shape index (κ3) is 1.59. The SMILES string of the molecule is CC(C)(C)C1(C)OC(C)(C)C(C)(C)O1. The van der Waals surface area contributed by atoms with Crippen LogP contribution in [0.25, 0.3) is 0 Å². The van der Waals surface area contributed by atoms with Crippen LogP contribution in [0, 0.1) is 5.41 Å². The smallest absolute Gasteiger partial charge is 0.171 e. The second-order valence-electron chi connectivity index (χ2n) is 6.42. The first kappa shape index (κ1) is 12.0. The van der Waals surface area contributed by atoms with Crippen LogP contribution in [0.4, 0.5) is 0 Å². The fraction of sp³-hybridized carbons (Fsp3) is 1.00. The second kappa shape index (κ2) is 2.73. The number of rotatable bonds is 0. The molecule has 0 aliphatic carbocycles. The molecule has 0 atom stereocenters. The monoisotopic (exact) mass is 200 g/mol. The molecule has 14 heavy (non-hydrogen) atoms. The van der Waals surface area contributed by atoms with Crippen LogP contribution in [0.3, 0.4) is 0 Å². The van der Waals surface area contributed by atoms with Gasteiger partial charge in [0.2, 0.25) is 0 Å². The van der Waals surface area contributed by atoms with E-state index in [1.165, 1.54) is 0 Å². The second-order valence-corrected chi connectivity index (χ2v) is 6.42. The molecule has 0 amide bonds. The fourth-order valence-electron chi connectivity index (χ4n) is 1.55. The molecule has 0 bridgehead atoms. The van der Waals surface area contributed by atoms with E-state index in [0.717, 1.165) is 0 Å². The van der Waals surface area contributed by atoms with Crippen molar-refractivity contribution in [3.05, 3.63) is 0 Å². The Hall–Kier alpha value is -0.0800. The molecule has 1 fully saturated rings. The van der Waals surface area contributed by atoms with E-state index in [0.29, 0.717) is 0 Å². The van der Waals surface area contributed by atoms with Gasteiger partial charge in [-0.15, -0.1) is 0 Å². The first-order chi connectivity index (χ1) is 5.91. The predicted octanol–water partition coefficient (Wildman–Crippen LogP) is 3.35. The summed E-state index contributed by atoms with van der Waals surface area (Å²) in [7, 11) is 0. The van der Waals surface area contributed by atoms with Gasteiger partial charge >= 0.3 is 0 Å². The van der Waals surface area contributed by atoms with Crippen LogP contribution < -0.4 is 0 Å². The summed E-state index contributed by atoms with van der Waals surface area (Å²) in [6.45, 7) is 16.8. The quantitative estimate of drug-likeness (QED) is 0.597. The highest BCUT2D eigenvalue weighted by atomic mass is 16.8. The average Bonchev–Trinajstić information content (AvgIpc) is 1.95.